The molecule has 2 heterocycles. The zero-order valence-corrected chi connectivity index (χ0v) is 20.5. The Morgan fingerprint density at radius 2 is 1.61 bits per heavy atom. The minimum absolute atomic E-state index is 0.0117. The van der Waals surface area contributed by atoms with Crippen molar-refractivity contribution in [3.05, 3.63) is 83.3 Å². The van der Waals surface area contributed by atoms with Crippen LogP contribution in [0.5, 0.6) is 17.2 Å². The number of furan rings is 1. The third-order valence-electron chi connectivity index (χ3n) is 5.77. The summed E-state index contributed by atoms with van der Waals surface area (Å²) >= 11 is 0. The first-order valence-corrected chi connectivity index (χ1v) is 11.9. The van der Waals surface area contributed by atoms with Gasteiger partial charge < -0.3 is 28.6 Å². The summed E-state index contributed by atoms with van der Waals surface area (Å²) in [4.78, 5) is 27.9. The van der Waals surface area contributed by atoms with E-state index < -0.39 is 17.7 Å². The number of nitrogens with zero attached hydrogens (tertiary/aromatic N) is 1. The lowest BCUT2D eigenvalue weighted by atomic mass is 9.95. The maximum Gasteiger partial charge on any atom is 0.296 e. The maximum absolute atomic E-state index is 13.3. The Morgan fingerprint density at radius 3 is 2.25 bits per heavy atom. The number of aliphatic hydroxyl groups excluding tert-OH is 1. The van der Waals surface area contributed by atoms with Crippen LogP contribution in [0, 0.1) is 0 Å². The lowest BCUT2D eigenvalue weighted by Gasteiger charge is -2.25. The second-order valence-corrected chi connectivity index (χ2v) is 8.04. The molecule has 8 heteroatoms. The third-order valence-corrected chi connectivity index (χ3v) is 5.77. The summed E-state index contributed by atoms with van der Waals surface area (Å²) < 4.78 is 22.4. The second-order valence-electron chi connectivity index (χ2n) is 8.04. The first kappa shape index (κ1) is 24.9. The Labute approximate surface area is 209 Å². The zero-order chi connectivity index (χ0) is 25.7. The molecule has 1 aromatic heterocycles. The summed E-state index contributed by atoms with van der Waals surface area (Å²) in [6.07, 6.45) is 1.50. The molecule has 0 spiro atoms. The number of hydrogen-bond donors (Lipinski definition) is 1. The van der Waals surface area contributed by atoms with E-state index in [1.807, 2.05) is 20.8 Å². The van der Waals surface area contributed by atoms with Gasteiger partial charge in [-0.3, -0.25) is 9.59 Å². The van der Waals surface area contributed by atoms with E-state index in [9.17, 15) is 14.7 Å². The number of benzene rings is 2. The van der Waals surface area contributed by atoms with Crippen molar-refractivity contribution < 1.29 is 33.3 Å². The van der Waals surface area contributed by atoms with E-state index in [1.54, 1.807) is 54.6 Å². The molecule has 0 bridgehead atoms. The molecule has 8 nitrogen and oxygen atoms in total. The second kappa shape index (κ2) is 11.0. The van der Waals surface area contributed by atoms with E-state index in [2.05, 4.69) is 0 Å². The highest BCUT2D eigenvalue weighted by atomic mass is 16.5. The largest absolute Gasteiger partial charge is 0.507 e. The number of ketones is 1. The number of ether oxygens (including phenoxy) is 3. The number of amides is 1. The van der Waals surface area contributed by atoms with E-state index in [0.29, 0.717) is 54.0 Å². The van der Waals surface area contributed by atoms with Gasteiger partial charge in [0.05, 0.1) is 44.2 Å². The van der Waals surface area contributed by atoms with Gasteiger partial charge in [-0.2, -0.15) is 0 Å². The third kappa shape index (κ3) is 4.93. The normalized spacial score (nSPS) is 16.9. The zero-order valence-electron chi connectivity index (χ0n) is 20.5. The van der Waals surface area contributed by atoms with Gasteiger partial charge in [0.15, 0.2) is 11.5 Å². The van der Waals surface area contributed by atoms with Crippen molar-refractivity contribution in [2.24, 2.45) is 0 Å². The molecule has 1 fully saturated rings. The first-order chi connectivity index (χ1) is 17.5. The number of likely N-dealkylation sites (tertiary alicyclic amines) is 1. The molecule has 0 radical (unpaired) electrons. The molecule has 1 aliphatic rings. The topological polar surface area (TPSA) is 98.4 Å². The molecule has 2 aromatic carbocycles. The smallest absolute Gasteiger partial charge is 0.296 e. The van der Waals surface area contributed by atoms with Crippen molar-refractivity contribution in [1.82, 2.24) is 4.90 Å². The van der Waals surface area contributed by atoms with Crippen LogP contribution in [0.15, 0.2) is 70.9 Å². The Bertz CT molecular complexity index is 1250. The molecule has 3 aromatic rings. The standard InChI is InChI=1S/C28H29NO7/c1-4-33-20-12-9-18(10-13-20)26(30)24-25(19-11-14-22(34-5-2)23(16-19)35-6-3)29(28(32)27(24)31)17-21-8-7-15-36-21/h7-16,25,30H,4-6,17H2,1-3H3/b26-24+. The van der Waals surface area contributed by atoms with Crippen LogP contribution in [0.25, 0.3) is 5.76 Å². The molecular weight excluding hydrogens is 462 g/mol. The molecular formula is C28H29NO7. The van der Waals surface area contributed by atoms with Gasteiger partial charge in [-0.15, -0.1) is 0 Å². The Hall–Kier alpha value is -4.20. The maximum atomic E-state index is 13.3. The van der Waals surface area contributed by atoms with Gasteiger partial charge in [-0.1, -0.05) is 6.07 Å². The number of rotatable bonds is 10. The first-order valence-electron chi connectivity index (χ1n) is 11.9. The summed E-state index contributed by atoms with van der Waals surface area (Å²) in [7, 11) is 0. The highest BCUT2D eigenvalue weighted by Gasteiger charge is 2.46. The fraction of sp³-hybridized carbons (Fsp3) is 0.286. The SMILES string of the molecule is CCOc1ccc(/C(O)=C2\C(=O)C(=O)N(Cc3ccco3)C2c2ccc(OCC)c(OCC)c2)cc1. The molecule has 1 N–H and O–H groups in total. The van der Waals surface area contributed by atoms with Crippen LogP contribution in [0.2, 0.25) is 0 Å². The molecule has 1 aliphatic heterocycles. The number of Topliss-reactive ketones (excluding diaryl/α,β-unsaturated/α-hetero) is 1. The fourth-order valence-electron chi connectivity index (χ4n) is 4.23. The van der Waals surface area contributed by atoms with Crippen molar-refractivity contribution in [3.63, 3.8) is 0 Å². The minimum Gasteiger partial charge on any atom is -0.507 e. The van der Waals surface area contributed by atoms with Gasteiger partial charge in [0.2, 0.25) is 0 Å². The van der Waals surface area contributed by atoms with Gasteiger partial charge >= 0.3 is 0 Å². The van der Waals surface area contributed by atoms with E-state index in [1.165, 1.54) is 11.2 Å². The molecule has 1 amide bonds. The lowest BCUT2D eigenvalue weighted by molar-refractivity contribution is -0.140. The Kier molecular flexibility index (Phi) is 7.63. The van der Waals surface area contributed by atoms with Crippen LogP contribution in [0.1, 0.15) is 43.7 Å². The summed E-state index contributed by atoms with van der Waals surface area (Å²) in [6, 6.07) is 14.5. The molecule has 1 atom stereocenters. The van der Waals surface area contributed by atoms with E-state index in [0.717, 1.165) is 0 Å². The molecule has 4 rings (SSSR count). The number of hydrogen-bond acceptors (Lipinski definition) is 7. The van der Waals surface area contributed by atoms with E-state index in [4.69, 9.17) is 18.6 Å². The Balaban J connectivity index is 1.84. The lowest BCUT2D eigenvalue weighted by Crippen LogP contribution is -2.29. The van der Waals surface area contributed by atoms with Gasteiger partial charge in [0.25, 0.3) is 11.7 Å². The van der Waals surface area contributed by atoms with E-state index >= 15 is 0 Å². The summed E-state index contributed by atoms with van der Waals surface area (Å²) in [5.74, 6) is 0.422. The summed E-state index contributed by atoms with van der Waals surface area (Å²) in [6.45, 7) is 7.02. The molecule has 1 unspecified atom stereocenters. The fourth-order valence-corrected chi connectivity index (χ4v) is 4.23. The quantitative estimate of drug-likeness (QED) is 0.239. The number of aliphatic hydroxyl groups is 1. The van der Waals surface area contributed by atoms with Gasteiger partial charge in [-0.25, -0.2) is 0 Å². The minimum atomic E-state index is -0.864. The summed E-state index contributed by atoms with van der Waals surface area (Å²) in [5.41, 5.74) is 0.984. The van der Waals surface area contributed by atoms with Crippen LogP contribution in [0.4, 0.5) is 0 Å². The van der Waals surface area contributed by atoms with Gasteiger partial charge in [0, 0.05) is 5.56 Å². The molecule has 1 saturated heterocycles. The average molecular weight is 492 g/mol. The summed E-state index contributed by atoms with van der Waals surface area (Å²) in [5, 5.41) is 11.3. The highest BCUT2D eigenvalue weighted by molar-refractivity contribution is 6.46. The predicted octanol–water partition coefficient (Wildman–Crippen LogP) is 5.10. The van der Waals surface area contributed by atoms with Crippen LogP contribution in [-0.2, 0) is 16.1 Å². The number of carbonyl (C=O) groups excluding carboxylic acids is 2. The highest BCUT2D eigenvalue weighted by Crippen LogP contribution is 2.43. The molecule has 0 saturated carbocycles. The van der Waals surface area contributed by atoms with Crippen LogP contribution < -0.4 is 14.2 Å². The van der Waals surface area contributed by atoms with E-state index in [-0.39, 0.29) is 17.9 Å². The van der Waals surface area contributed by atoms with Crippen LogP contribution in [0.3, 0.4) is 0 Å². The number of carbonyl (C=O) groups is 2. The molecule has 188 valence electrons. The van der Waals surface area contributed by atoms with Crippen LogP contribution >= 0.6 is 0 Å². The van der Waals surface area contributed by atoms with Crippen molar-refractivity contribution in [2.45, 2.75) is 33.4 Å². The predicted molar refractivity (Wildman–Crippen MR) is 133 cm³/mol. The van der Waals surface area contributed by atoms with Crippen molar-refractivity contribution >= 4 is 17.4 Å². The van der Waals surface area contributed by atoms with Crippen molar-refractivity contribution in [2.75, 3.05) is 19.8 Å². The monoisotopic (exact) mass is 491 g/mol. The van der Waals surface area contributed by atoms with Gasteiger partial charge in [0.1, 0.15) is 17.3 Å². The van der Waals surface area contributed by atoms with Crippen molar-refractivity contribution in [3.8, 4) is 17.2 Å². The Morgan fingerprint density at radius 1 is 0.917 bits per heavy atom. The molecule has 0 aliphatic carbocycles. The van der Waals surface area contributed by atoms with Crippen molar-refractivity contribution in [1.29, 1.82) is 0 Å². The van der Waals surface area contributed by atoms with Gasteiger partial charge in [-0.05, 0) is 74.9 Å². The molecule has 36 heavy (non-hydrogen) atoms. The average Bonchev–Trinajstić information content (AvgIpc) is 3.48. The van der Waals surface area contributed by atoms with Crippen LogP contribution in [-0.4, -0.2) is 41.5 Å².